The minimum Gasteiger partial charge on any atom is -0.462 e. The van der Waals surface area contributed by atoms with E-state index in [2.05, 4.69) is 13.5 Å². The predicted octanol–water partition coefficient (Wildman–Crippen LogP) is 6.45. The maximum absolute atomic E-state index is 14.3. The van der Waals surface area contributed by atoms with E-state index in [0.29, 0.717) is 11.5 Å². The third-order valence-corrected chi connectivity index (χ3v) is 4.97. The van der Waals surface area contributed by atoms with Crippen molar-refractivity contribution in [2.24, 2.45) is 5.92 Å². The Labute approximate surface area is 142 Å². The van der Waals surface area contributed by atoms with Gasteiger partial charge in [0.1, 0.15) is 0 Å². The Morgan fingerprint density at radius 3 is 2.25 bits per heavy atom. The Morgan fingerprint density at radius 2 is 1.62 bits per heavy atom. The van der Waals surface area contributed by atoms with Gasteiger partial charge in [0.15, 0.2) is 11.6 Å². The lowest BCUT2D eigenvalue weighted by Gasteiger charge is -2.26. The molecular formula is C21H22F2O. The molecule has 0 unspecified atom stereocenters. The molecule has 0 radical (unpaired) electrons. The zero-order chi connectivity index (χ0) is 17.1. The summed E-state index contributed by atoms with van der Waals surface area (Å²) in [7, 11) is 0. The van der Waals surface area contributed by atoms with E-state index in [9.17, 15) is 8.78 Å². The smallest absolute Gasteiger partial charge is 0.201 e. The van der Waals surface area contributed by atoms with Gasteiger partial charge in [-0.3, -0.25) is 0 Å². The lowest BCUT2D eigenvalue weighted by molar-refractivity contribution is 0.348. The second kappa shape index (κ2) is 7.16. The first-order chi connectivity index (χ1) is 11.6. The summed E-state index contributed by atoms with van der Waals surface area (Å²) in [6.07, 6.45) is 6.01. The summed E-state index contributed by atoms with van der Waals surface area (Å²) in [6.45, 7) is 5.66. The number of hydrogen-bond donors (Lipinski definition) is 0. The van der Waals surface area contributed by atoms with Crippen LogP contribution in [-0.4, -0.2) is 0 Å². The van der Waals surface area contributed by atoms with E-state index < -0.39 is 11.6 Å². The van der Waals surface area contributed by atoms with Crippen LogP contribution in [0.1, 0.15) is 44.1 Å². The molecule has 0 N–H and O–H groups in total. The van der Waals surface area contributed by atoms with Crippen LogP contribution < -0.4 is 4.74 Å². The van der Waals surface area contributed by atoms with Crippen molar-refractivity contribution in [1.82, 2.24) is 0 Å². The lowest BCUT2D eigenvalue weighted by Crippen LogP contribution is -2.10. The minimum absolute atomic E-state index is 0.154. The van der Waals surface area contributed by atoms with Crippen LogP contribution in [0.15, 0.2) is 49.2 Å². The van der Waals surface area contributed by atoms with Gasteiger partial charge in [0.2, 0.25) is 5.82 Å². The van der Waals surface area contributed by atoms with Gasteiger partial charge >= 0.3 is 0 Å². The average Bonchev–Trinajstić information content (AvgIpc) is 2.60. The van der Waals surface area contributed by atoms with Crippen LogP contribution in [0.25, 0.3) is 11.1 Å². The Hall–Kier alpha value is -2.16. The standard InChI is InChI=1S/C21H22F2O/c1-3-24-19-13-12-18(20(22)21(19)23)17-10-8-16(9-11-17)15-6-4-14(2)5-7-15/h3,8-15H,1,4-7H2,2H3. The molecule has 3 rings (SSSR count). The Balaban J connectivity index is 1.83. The fraction of sp³-hybridized carbons (Fsp3) is 0.333. The first kappa shape index (κ1) is 16.7. The zero-order valence-electron chi connectivity index (χ0n) is 13.9. The Kier molecular flexibility index (Phi) is 4.98. The Morgan fingerprint density at radius 1 is 0.958 bits per heavy atom. The van der Waals surface area contributed by atoms with Gasteiger partial charge in [0.05, 0.1) is 6.26 Å². The molecular weight excluding hydrogens is 306 g/mol. The molecule has 2 aromatic carbocycles. The second-order valence-electron chi connectivity index (χ2n) is 6.60. The van der Waals surface area contributed by atoms with Crippen molar-refractivity contribution in [3.05, 3.63) is 66.4 Å². The van der Waals surface area contributed by atoms with Gasteiger partial charge < -0.3 is 4.74 Å². The van der Waals surface area contributed by atoms with Crippen molar-refractivity contribution < 1.29 is 13.5 Å². The van der Waals surface area contributed by atoms with Crippen molar-refractivity contribution in [3.63, 3.8) is 0 Å². The summed E-state index contributed by atoms with van der Waals surface area (Å²) >= 11 is 0. The summed E-state index contributed by atoms with van der Waals surface area (Å²) in [5.41, 5.74) is 2.20. The first-order valence-electron chi connectivity index (χ1n) is 8.46. The van der Waals surface area contributed by atoms with Crippen LogP contribution in [0.4, 0.5) is 8.78 Å². The topological polar surface area (TPSA) is 9.23 Å². The van der Waals surface area contributed by atoms with E-state index in [1.54, 1.807) is 0 Å². The maximum Gasteiger partial charge on any atom is 0.201 e. The van der Waals surface area contributed by atoms with Gasteiger partial charge in [-0.1, -0.05) is 50.6 Å². The highest BCUT2D eigenvalue weighted by Crippen LogP contribution is 2.37. The molecule has 1 saturated carbocycles. The molecule has 1 aliphatic rings. The van der Waals surface area contributed by atoms with Crippen molar-refractivity contribution >= 4 is 0 Å². The fourth-order valence-electron chi connectivity index (χ4n) is 3.46. The lowest BCUT2D eigenvalue weighted by atomic mass is 9.79. The molecule has 0 bridgehead atoms. The zero-order valence-corrected chi connectivity index (χ0v) is 13.9. The third-order valence-electron chi connectivity index (χ3n) is 4.97. The first-order valence-corrected chi connectivity index (χ1v) is 8.46. The van der Waals surface area contributed by atoms with Crippen LogP contribution in [0.3, 0.4) is 0 Å². The number of halogens is 2. The van der Waals surface area contributed by atoms with Crippen LogP contribution >= 0.6 is 0 Å². The molecule has 0 spiro atoms. The maximum atomic E-state index is 14.3. The molecule has 3 heteroatoms. The molecule has 0 heterocycles. The van der Waals surface area contributed by atoms with E-state index in [-0.39, 0.29) is 11.3 Å². The molecule has 24 heavy (non-hydrogen) atoms. The quantitative estimate of drug-likeness (QED) is 0.586. The predicted molar refractivity (Wildman–Crippen MR) is 93.0 cm³/mol. The van der Waals surface area contributed by atoms with Crippen molar-refractivity contribution in [2.75, 3.05) is 0 Å². The van der Waals surface area contributed by atoms with Gasteiger partial charge in [-0.25, -0.2) is 4.39 Å². The van der Waals surface area contributed by atoms with Gasteiger partial charge in [-0.15, -0.1) is 0 Å². The Bertz CT molecular complexity index is 713. The van der Waals surface area contributed by atoms with E-state index in [0.717, 1.165) is 12.2 Å². The normalized spacial score (nSPS) is 20.6. The molecule has 1 nitrogen and oxygen atoms in total. The number of ether oxygens (including phenoxy) is 1. The third kappa shape index (κ3) is 3.35. The molecule has 2 aromatic rings. The highest BCUT2D eigenvalue weighted by Gasteiger charge is 2.20. The van der Waals surface area contributed by atoms with E-state index in [1.807, 2.05) is 24.3 Å². The highest BCUT2D eigenvalue weighted by molar-refractivity contribution is 5.65. The molecule has 126 valence electrons. The molecule has 0 aromatic heterocycles. The molecule has 0 atom stereocenters. The SMILES string of the molecule is C=COc1ccc(-c2ccc(C3CCC(C)CC3)cc2)c(F)c1F. The van der Waals surface area contributed by atoms with E-state index in [1.165, 1.54) is 43.4 Å². The second-order valence-corrected chi connectivity index (χ2v) is 6.60. The summed E-state index contributed by atoms with van der Waals surface area (Å²) in [6, 6.07) is 10.8. The van der Waals surface area contributed by atoms with Crippen LogP contribution in [0.2, 0.25) is 0 Å². The monoisotopic (exact) mass is 328 g/mol. The molecule has 1 aliphatic carbocycles. The van der Waals surface area contributed by atoms with Crippen LogP contribution in [-0.2, 0) is 0 Å². The van der Waals surface area contributed by atoms with Crippen molar-refractivity contribution in [2.45, 2.75) is 38.5 Å². The summed E-state index contributed by atoms with van der Waals surface area (Å²) in [5.74, 6) is -0.639. The van der Waals surface area contributed by atoms with Crippen LogP contribution in [0, 0.1) is 17.6 Å². The molecule has 0 amide bonds. The fourth-order valence-corrected chi connectivity index (χ4v) is 3.46. The molecule has 0 saturated heterocycles. The molecule has 1 fully saturated rings. The number of benzene rings is 2. The van der Waals surface area contributed by atoms with E-state index >= 15 is 0 Å². The number of hydrogen-bond acceptors (Lipinski definition) is 1. The summed E-state index contributed by atoms with van der Waals surface area (Å²) in [5, 5.41) is 0. The molecule has 0 aliphatic heterocycles. The van der Waals surface area contributed by atoms with E-state index in [4.69, 9.17) is 4.74 Å². The number of rotatable bonds is 4. The van der Waals surface area contributed by atoms with Gasteiger partial charge in [0, 0.05) is 5.56 Å². The van der Waals surface area contributed by atoms with Crippen molar-refractivity contribution in [1.29, 1.82) is 0 Å². The van der Waals surface area contributed by atoms with Gasteiger partial charge in [0.25, 0.3) is 0 Å². The van der Waals surface area contributed by atoms with Crippen molar-refractivity contribution in [3.8, 4) is 16.9 Å². The summed E-state index contributed by atoms with van der Waals surface area (Å²) in [4.78, 5) is 0. The largest absolute Gasteiger partial charge is 0.462 e. The highest BCUT2D eigenvalue weighted by atomic mass is 19.2. The van der Waals surface area contributed by atoms with Gasteiger partial charge in [-0.2, -0.15) is 4.39 Å². The van der Waals surface area contributed by atoms with Crippen LogP contribution in [0.5, 0.6) is 5.75 Å². The average molecular weight is 328 g/mol. The van der Waals surface area contributed by atoms with Gasteiger partial charge in [-0.05, 0) is 47.9 Å². The minimum atomic E-state index is -0.988. The summed E-state index contributed by atoms with van der Waals surface area (Å²) < 4.78 is 33.1.